The van der Waals surface area contributed by atoms with Crippen molar-refractivity contribution >= 4 is 5.69 Å². The van der Waals surface area contributed by atoms with Gasteiger partial charge >= 0.3 is 6.18 Å². The van der Waals surface area contributed by atoms with Crippen molar-refractivity contribution in [3.05, 3.63) is 29.3 Å². The highest BCUT2D eigenvalue weighted by molar-refractivity contribution is 5.61. The third-order valence-corrected chi connectivity index (χ3v) is 3.71. The SMILES string of the molecule is CN1CCN(c2ccc(C(F)(F)F)cc2C#N)C(CN)C1. The highest BCUT2D eigenvalue weighted by Gasteiger charge is 2.32. The second-order valence-corrected chi connectivity index (χ2v) is 5.19. The number of anilines is 1. The Balaban J connectivity index is 2.37. The molecule has 0 bridgehead atoms. The maximum Gasteiger partial charge on any atom is 0.416 e. The Hall–Kier alpha value is -1.78. The van der Waals surface area contributed by atoms with Crippen LogP contribution in [0.1, 0.15) is 11.1 Å². The number of nitrogens with two attached hydrogens (primary N) is 1. The van der Waals surface area contributed by atoms with Gasteiger partial charge in [0, 0.05) is 26.2 Å². The summed E-state index contributed by atoms with van der Waals surface area (Å²) in [5, 5.41) is 9.16. The quantitative estimate of drug-likeness (QED) is 0.902. The molecular weight excluding hydrogens is 281 g/mol. The van der Waals surface area contributed by atoms with Gasteiger partial charge in [0.1, 0.15) is 6.07 Å². The van der Waals surface area contributed by atoms with Gasteiger partial charge in [0.15, 0.2) is 0 Å². The first kappa shape index (κ1) is 15.6. The minimum absolute atomic E-state index is 0.00686. The summed E-state index contributed by atoms with van der Waals surface area (Å²) < 4.78 is 38.2. The van der Waals surface area contributed by atoms with E-state index in [2.05, 4.69) is 4.90 Å². The summed E-state index contributed by atoms with van der Waals surface area (Å²) in [7, 11) is 1.97. The molecule has 0 radical (unpaired) electrons. The van der Waals surface area contributed by atoms with Gasteiger partial charge in [-0.1, -0.05) is 0 Å². The predicted octanol–water partition coefficient (Wildman–Crippen LogP) is 1.66. The summed E-state index contributed by atoms with van der Waals surface area (Å²) in [5.74, 6) is 0. The molecule has 1 unspecified atom stereocenters. The number of piperazine rings is 1. The number of nitriles is 1. The molecule has 2 rings (SSSR count). The predicted molar refractivity (Wildman–Crippen MR) is 73.8 cm³/mol. The van der Waals surface area contributed by atoms with E-state index in [1.54, 1.807) is 0 Å². The average molecular weight is 298 g/mol. The molecule has 0 aliphatic carbocycles. The van der Waals surface area contributed by atoms with Crippen molar-refractivity contribution in [2.45, 2.75) is 12.2 Å². The Morgan fingerprint density at radius 2 is 2.10 bits per heavy atom. The Bertz CT molecular complexity index is 550. The van der Waals surface area contributed by atoms with Gasteiger partial charge in [0.2, 0.25) is 0 Å². The minimum atomic E-state index is -4.44. The van der Waals surface area contributed by atoms with E-state index in [1.165, 1.54) is 6.07 Å². The first-order chi connectivity index (χ1) is 9.86. The number of benzene rings is 1. The molecule has 0 spiro atoms. The number of nitrogens with zero attached hydrogens (tertiary/aromatic N) is 3. The van der Waals surface area contributed by atoms with E-state index in [0.29, 0.717) is 18.8 Å². The van der Waals surface area contributed by atoms with Crippen molar-refractivity contribution in [1.29, 1.82) is 5.26 Å². The molecule has 114 valence electrons. The number of halogens is 3. The maximum absolute atomic E-state index is 12.7. The summed E-state index contributed by atoms with van der Waals surface area (Å²) in [5.41, 5.74) is 5.51. The summed E-state index contributed by atoms with van der Waals surface area (Å²) in [6.07, 6.45) is -4.44. The first-order valence-electron chi connectivity index (χ1n) is 6.63. The molecule has 1 atom stereocenters. The van der Waals surface area contributed by atoms with Crippen LogP contribution in [0.4, 0.5) is 18.9 Å². The lowest BCUT2D eigenvalue weighted by Gasteiger charge is -2.41. The lowest BCUT2D eigenvalue weighted by Crippen LogP contribution is -2.55. The molecule has 2 N–H and O–H groups in total. The lowest BCUT2D eigenvalue weighted by atomic mass is 10.0. The summed E-state index contributed by atoms with van der Waals surface area (Å²) in [6.45, 7) is 2.53. The van der Waals surface area contributed by atoms with Crippen LogP contribution in [0.5, 0.6) is 0 Å². The van der Waals surface area contributed by atoms with E-state index in [4.69, 9.17) is 11.0 Å². The van der Waals surface area contributed by atoms with E-state index in [0.717, 1.165) is 25.2 Å². The van der Waals surface area contributed by atoms with Gasteiger partial charge < -0.3 is 15.5 Å². The molecule has 0 amide bonds. The summed E-state index contributed by atoms with van der Waals surface area (Å²) in [6, 6.07) is 5.15. The van der Waals surface area contributed by atoms with Gasteiger partial charge in [0.25, 0.3) is 0 Å². The number of rotatable bonds is 2. The van der Waals surface area contributed by atoms with Crippen molar-refractivity contribution in [2.24, 2.45) is 5.73 Å². The second kappa shape index (κ2) is 5.92. The Morgan fingerprint density at radius 1 is 1.38 bits per heavy atom. The van der Waals surface area contributed by atoms with Gasteiger partial charge in [-0.05, 0) is 25.2 Å². The third kappa shape index (κ3) is 3.28. The molecule has 1 saturated heterocycles. The van der Waals surface area contributed by atoms with Crippen LogP contribution in [0.15, 0.2) is 18.2 Å². The van der Waals surface area contributed by atoms with Crippen molar-refractivity contribution in [3.8, 4) is 6.07 Å². The minimum Gasteiger partial charge on any atom is -0.364 e. The fraction of sp³-hybridized carbons (Fsp3) is 0.500. The van der Waals surface area contributed by atoms with E-state index < -0.39 is 11.7 Å². The van der Waals surface area contributed by atoms with Crippen molar-refractivity contribution < 1.29 is 13.2 Å². The third-order valence-electron chi connectivity index (χ3n) is 3.71. The fourth-order valence-corrected chi connectivity index (χ4v) is 2.58. The van der Waals surface area contributed by atoms with Crippen LogP contribution in [0.25, 0.3) is 0 Å². The van der Waals surface area contributed by atoms with Gasteiger partial charge in [-0.3, -0.25) is 0 Å². The van der Waals surface area contributed by atoms with Crippen LogP contribution >= 0.6 is 0 Å². The fourth-order valence-electron chi connectivity index (χ4n) is 2.58. The zero-order chi connectivity index (χ0) is 15.6. The molecular formula is C14H17F3N4. The number of likely N-dealkylation sites (N-methyl/N-ethyl adjacent to an activating group) is 1. The van der Waals surface area contributed by atoms with Crippen LogP contribution in [0, 0.1) is 11.3 Å². The molecule has 0 aromatic heterocycles. The molecule has 1 aromatic rings. The van der Waals surface area contributed by atoms with Crippen LogP contribution < -0.4 is 10.6 Å². The van der Waals surface area contributed by atoms with Gasteiger partial charge in [-0.2, -0.15) is 18.4 Å². The second-order valence-electron chi connectivity index (χ2n) is 5.19. The van der Waals surface area contributed by atoms with E-state index in [1.807, 2.05) is 18.0 Å². The number of alkyl halides is 3. The normalized spacial score (nSPS) is 20.4. The zero-order valence-electron chi connectivity index (χ0n) is 11.7. The maximum atomic E-state index is 12.7. The van der Waals surface area contributed by atoms with Crippen LogP contribution in [-0.4, -0.2) is 44.2 Å². The van der Waals surface area contributed by atoms with Crippen LogP contribution in [0.3, 0.4) is 0 Å². The monoisotopic (exact) mass is 298 g/mol. The highest BCUT2D eigenvalue weighted by atomic mass is 19.4. The van der Waals surface area contributed by atoms with Gasteiger partial charge in [-0.15, -0.1) is 0 Å². The molecule has 1 aliphatic heterocycles. The van der Waals surface area contributed by atoms with Crippen molar-refractivity contribution in [3.63, 3.8) is 0 Å². The summed E-state index contributed by atoms with van der Waals surface area (Å²) >= 11 is 0. The topological polar surface area (TPSA) is 56.3 Å². The molecule has 1 aliphatic rings. The summed E-state index contributed by atoms with van der Waals surface area (Å²) in [4.78, 5) is 4.04. The van der Waals surface area contributed by atoms with Crippen molar-refractivity contribution in [2.75, 3.05) is 38.1 Å². The van der Waals surface area contributed by atoms with Crippen LogP contribution in [-0.2, 0) is 6.18 Å². The van der Waals surface area contributed by atoms with Gasteiger partial charge in [-0.25, -0.2) is 0 Å². The van der Waals surface area contributed by atoms with E-state index >= 15 is 0 Å². The zero-order valence-corrected chi connectivity index (χ0v) is 11.7. The molecule has 21 heavy (non-hydrogen) atoms. The Morgan fingerprint density at radius 3 is 2.67 bits per heavy atom. The Kier molecular flexibility index (Phi) is 4.40. The first-order valence-corrected chi connectivity index (χ1v) is 6.63. The van der Waals surface area contributed by atoms with E-state index in [-0.39, 0.29) is 11.6 Å². The number of hydrogen-bond donors (Lipinski definition) is 1. The van der Waals surface area contributed by atoms with Crippen molar-refractivity contribution in [1.82, 2.24) is 4.90 Å². The molecule has 1 aromatic carbocycles. The molecule has 0 saturated carbocycles. The van der Waals surface area contributed by atoms with E-state index in [9.17, 15) is 13.2 Å². The average Bonchev–Trinajstić information content (AvgIpc) is 2.45. The largest absolute Gasteiger partial charge is 0.416 e. The molecule has 7 heteroatoms. The van der Waals surface area contributed by atoms with Gasteiger partial charge in [0.05, 0.1) is 22.9 Å². The smallest absolute Gasteiger partial charge is 0.364 e. The molecule has 1 heterocycles. The number of hydrogen-bond acceptors (Lipinski definition) is 4. The Labute approximate surface area is 121 Å². The van der Waals surface area contributed by atoms with Crippen LogP contribution in [0.2, 0.25) is 0 Å². The standard InChI is InChI=1S/C14H17F3N4/c1-20-4-5-21(12(8-19)9-20)13-3-2-11(14(15,16)17)6-10(13)7-18/h2-3,6,12H,4-5,8-9,19H2,1H3. The highest BCUT2D eigenvalue weighted by Crippen LogP contribution is 2.33. The molecule has 1 fully saturated rings. The lowest BCUT2D eigenvalue weighted by molar-refractivity contribution is -0.137. The molecule has 4 nitrogen and oxygen atoms in total.